The first-order chi connectivity index (χ1) is 7.47. The molecule has 0 heterocycles. The molecule has 0 radical (unpaired) electrons. The third kappa shape index (κ3) is 6.81. The van der Waals surface area contributed by atoms with Crippen molar-refractivity contribution in [1.29, 1.82) is 0 Å². The van der Waals surface area contributed by atoms with Crippen LogP contribution < -0.4 is 10.6 Å². The van der Waals surface area contributed by atoms with Crippen molar-refractivity contribution in [3.63, 3.8) is 0 Å². The lowest BCUT2D eigenvalue weighted by molar-refractivity contribution is -0.126. The normalized spacial score (nSPS) is 12.2. The molecular formula is C12H20N2O2. The molecule has 1 amide bonds. The van der Waals surface area contributed by atoms with Crippen LogP contribution in [-0.4, -0.2) is 24.8 Å². The van der Waals surface area contributed by atoms with Gasteiger partial charge in [0.2, 0.25) is 5.91 Å². The Morgan fingerprint density at radius 2 is 2.00 bits per heavy atom. The summed E-state index contributed by atoms with van der Waals surface area (Å²) in [5, 5.41) is 5.41. The molecular weight excluding hydrogens is 204 g/mol. The highest BCUT2D eigenvalue weighted by Crippen LogP contribution is 2.05. The van der Waals surface area contributed by atoms with Crippen molar-refractivity contribution in [2.45, 2.75) is 32.7 Å². The van der Waals surface area contributed by atoms with Crippen molar-refractivity contribution in [1.82, 2.24) is 10.6 Å². The van der Waals surface area contributed by atoms with Crippen molar-refractivity contribution in [2.24, 2.45) is 0 Å². The molecule has 90 valence electrons. The van der Waals surface area contributed by atoms with E-state index in [0.29, 0.717) is 12.8 Å². The van der Waals surface area contributed by atoms with Gasteiger partial charge in [-0.15, -0.1) is 0 Å². The van der Waals surface area contributed by atoms with Gasteiger partial charge in [0, 0.05) is 20.4 Å². The molecule has 4 nitrogen and oxygen atoms in total. The Balaban J connectivity index is 3.93. The van der Waals surface area contributed by atoms with Gasteiger partial charge in [0.25, 0.3) is 0 Å². The lowest BCUT2D eigenvalue weighted by Gasteiger charge is -2.10. The summed E-state index contributed by atoms with van der Waals surface area (Å²) >= 11 is 0. The van der Waals surface area contributed by atoms with Crippen LogP contribution in [0.5, 0.6) is 0 Å². The minimum absolute atomic E-state index is 0.0224. The number of rotatable bonds is 7. The van der Waals surface area contributed by atoms with Crippen LogP contribution >= 0.6 is 0 Å². The number of carbonyl (C=O) groups excluding carboxylic acids is 2. The fraction of sp³-hybridized carbons (Fsp3) is 0.500. The molecule has 4 heteroatoms. The third-order valence-corrected chi connectivity index (χ3v) is 2.08. The number of Topliss-reactive ketones (excluding diaryl/α,β-unsaturated/α-hetero) is 1. The zero-order valence-corrected chi connectivity index (χ0v) is 10.2. The second-order valence-corrected chi connectivity index (χ2v) is 3.67. The average Bonchev–Trinajstić information content (AvgIpc) is 2.21. The number of hydrogen-bond donors (Lipinski definition) is 2. The van der Waals surface area contributed by atoms with E-state index in [1.54, 1.807) is 20.2 Å². The summed E-state index contributed by atoms with van der Waals surface area (Å²) < 4.78 is 0. The van der Waals surface area contributed by atoms with E-state index in [1.165, 1.54) is 6.92 Å². The van der Waals surface area contributed by atoms with Crippen molar-refractivity contribution in [2.75, 3.05) is 7.05 Å². The second-order valence-electron chi connectivity index (χ2n) is 3.67. The molecule has 0 spiro atoms. The highest BCUT2D eigenvalue weighted by molar-refractivity contribution is 5.88. The third-order valence-electron chi connectivity index (χ3n) is 2.08. The van der Waals surface area contributed by atoms with Crippen molar-refractivity contribution in [3.05, 3.63) is 24.4 Å². The smallest absolute Gasteiger partial charge is 0.217 e. The van der Waals surface area contributed by atoms with Crippen LogP contribution in [-0.2, 0) is 9.59 Å². The summed E-state index contributed by atoms with van der Waals surface area (Å²) in [4.78, 5) is 22.3. The van der Waals surface area contributed by atoms with Crippen LogP contribution in [0.1, 0.15) is 26.7 Å². The lowest BCUT2D eigenvalue weighted by Crippen LogP contribution is -2.36. The first kappa shape index (κ1) is 14.4. The number of amides is 1. The fourth-order valence-electron chi connectivity index (χ4n) is 1.17. The van der Waals surface area contributed by atoms with Gasteiger partial charge >= 0.3 is 0 Å². The molecule has 0 unspecified atom stereocenters. The molecule has 16 heavy (non-hydrogen) atoms. The number of allylic oxidation sites excluding steroid dienone is 2. The van der Waals surface area contributed by atoms with Gasteiger partial charge in [0.15, 0.2) is 5.78 Å². The highest BCUT2D eigenvalue weighted by Gasteiger charge is 2.12. The van der Waals surface area contributed by atoms with Gasteiger partial charge in [-0.2, -0.15) is 0 Å². The van der Waals surface area contributed by atoms with Crippen molar-refractivity contribution < 1.29 is 9.59 Å². The van der Waals surface area contributed by atoms with Crippen LogP contribution in [0.3, 0.4) is 0 Å². The molecule has 0 rings (SSSR count). The molecule has 0 aliphatic carbocycles. The van der Waals surface area contributed by atoms with Crippen LogP contribution in [0.25, 0.3) is 0 Å². The Morgan fingerprint density at radius 3 is 2.50 bits per heavy atom. The maximum Gasteiger partial charge on any atom is 0.217 e. The largest absolute Gasteiger partial charge is 0.394 e. The molecule has 0 bridgehead atoms. The minimum atomic E-state index is -0.418. The molecule has 1 atom stereocenters. The Labute approximate surface area is 96.8 Å². The van der Waals surface area contributed by atoms with Gasteiger partial charge in [-0.25, -0.2) is 0 Å². The van der Waals surface area contributed by atoms with Crippen LogP contribution in [0.2, 0.25) is 0 Å². The maximum atomic E-state index is 11.6. The fourth-order valence-corrected chi connectivity index (χ4v) is 1.17. The minimum Gasteiger partial charge on any atom is -0.394 e. The summed E-state index contributed by atoms with van der Waals surface area (Å²) in [6, 6.07) is -0.418. The Hall–Kier alpha value is -1.58. The first-order valence-electron chi connectivity index (χ1n) is 5.28. The first-order valence-corrected chi connectivity index (χ1v) is 5.28. The van der Waals surface area contributed by atoms with E-state index in [-0.39, 0.29) is 11.7 Å². The number of nitrogens with one attached hydrogen (secondary N) is 2. The van der Waals surface area contributed by atoms with E-state index >= 15 is 0 Å². The van der Waals surface area contributed by atoms with Gasteiger partial charge in [-0.05, 0) is 25.6 Å². The summed E-state index contributed by atoms with van der Waals surface area (Å²) in [7, 11) is 1.80. The van der Waals surface area contributed by atoms with E-state index in [1.807, 2.05) is 6.08 Å². The second kappa shape index (κ2) is 7.68. The predicted octanol–water partition coefficient (Wildman–Crippen LogP) is 1.15. The van der Waals surface area contributed by atoms with Gasteiger partial charge in [0.1, 0.15) is 0 Å². The van der Waals surface area contributed by atoms with E-state index in [9.17, 15) is 9.59 Å². The summed E-state index contributed by atoms with van der Waals surface area (Å²) in [6.07, 6.45) is 4.61. The zero-order chi connectivity index (χ0) is 12.6. The molecule has 0 saturated heterocycles. The lowest BCUT2D eigenvalue weighted by atomic mass is 10.1. The Kier molecular flexibility index (Phi) is 6.92. The van der Waals surface area contributed by atoms with Gasteiger partial charge in [-0.3, -0.25) is 9.59 Å². The van der Waals surface area contributed by atoms with E-state index in [4.69, 9.17) is 0 Å². The summed E-state index contributed by atoms with van der Waals surface area (Å²) in [6.45, 7) is 6.91. The standard InChI is InChI=1S/C12H20N2O2/c1-9(7-8-13-4)5-6-12(16)10(2)14-11(3)15/h7-8,10,13H,1,5-6H2,2-4H3,(H,14,15)/b8-7-/t10-/m0/s1. The molecule has 0 aliphatic rings. The molecule has 0 saturated carbocycles. The van der Waals surface area contributed by atoms with Crippen LogP contribution in [0, 0.1) is 0 Å². The zero-order valence-electron chi connectivity index (χ0n) is 10.2. The van der Waals surface area contributed by atoms with Crippen molar-refractivity contribution >= 4 is 11.7 Å². The van der Waals surface area contributed by atoms with Crippen LogP contribution in [0.4, 0.5) is 0 Å². The molecule has 0 fully saturated rings. The van der Waals surface area contributed by atoms with Crippen molar-refractivity contribution in [3.8, 4) is 0 Å². The Bertz CT molecular complexity index is 295. The summed E-state index contributed by atoms with van der Waals surface area (Å²) in [5.41, 5.74) is 0.887. The quantitative estimate of drug-likeness (QED) is 0.638. The molecule has 0 aromatic heterocycles. The molecule has 0 aromatic rings. The summed E-state index contributed by atoms with van der Waals surface area (Å²) in [5.74, 6) is -0.163. The number of ketones is 1. The van der Waals surface area contributed by atoms with E-state index < -0.39 is 6.04 Å². The molecule has 2 N–H and O–H groups in total. The number of carbonyl (C=O) groups is 2. The average molecular weight is 224 g/mol. The van der Waals surface area contributed by atoms with Crippen LogP contribution in [0.15, 0.2) is 24.4 Å². The monoisotopic (exact) mass is 224 g/mol. The SMILES string of the molecule is C=C(/C=C\NC)CCC(=O)[C@H](C)NC(C)=O. The van der Waals surface area contributed by atoms with E-state index in [0.717, 1.165) is 5.57 Å². The number of hydrogen-bond acceptors (Lipinski definition) is 3. The Morgan fingerprint density at radius 1 is 1.38 bits per heavy atom. The predicted molar refractivity (Wildman–Crippen MR) is 64.9 cm³/mol. The highest BCUT2D eigenvalue weighted by atomic mass is 16.2. The van der Waals surface area contributed by atoms with Gasteiger partial charge < -0.3 is 10.6 Å². The molecule has 0 aliphatic heterocycles. The van der Waals surface area contributed by atoms with E-state index in [2.05, 4.69) is 17.2 Å². The van der Waals surface area contributed by atoms with Gasteiger partial charge in [0.05, 0.1) is 6.04 Å². The topological polar surface area (TPSA) is 58.2 Å². The molecule has 0 aromatic carbocycles. The maximum absolute atomic E-state index is 11.6. The van der Waals surface area contributed by atoms with Gasteiger partial charge in [-0.1, -0.05) is 12.2 Å².